The van der Waals surface area contributed by atoms with Gasteiger partial charge in [-0.3, -0.25) is 4.79 Å². The molecule has 3 N–H and O–H groups in total. The van der Waals surface area contributed by atoms with E-state index < -0.39 is 0 Å². The van der Waals surface area contributed by atoms with E-state index in [1.54, 1.807) is 0 Å². The van der Waals surface area contributed by atoms with Crippen LogP contribution in [-0.2, 0) is 11.2 Å². The van der Waals surface area contributed by atoms with Gasteiger partial charge in [0.1, 0.15) is 0 Å². The van der Waals surface area contributed by atoms with Gasteiger partial charge < -0.3 is 11.1 Å². The first-order chi connectivity index (χ1) is 7.72. The van der Waals surface area contributed by atoms with Crippen LogP contribution in [0.4, 0.5) is 0 Å². The van der Waals surface area contributed by atoms with Crippen molar-refractivity contribution < 1.29 is 4.79 Å². The Kier molecular flexibility index (Phi) is 3.46. The third-order valence-corrected chi connectivity index (χ3v) is 3.27. The van der Waals surface area contributed by atoms with E-state index in [-0.39, 0.29) is 11.9 Å². The van der Waals surface area contributed by atoms with Crippen molar-refractivity contribution in [3.05, 3.63) is 34.3 Å². The highest BCUT2D eigenvalue weighted by atomic mass is 35.5. The summed E-state index contributed by atoms with van der Waals surface area (Å²) in [7, 11) is 0. The predicted molar refractivity (Wildman–Crippen MR) is 64.3 cm³/mol. The number of benzene rings is 1. The van der Waals surface area contributed by atoms with Gasteiger partial charge in [0.2, 0.25) is 5.91 Å². The van der Waals surface area contributed by atoms with Crippen LogP contribution in [0.5, 0.6) is 0 Å². The first kappa shape index (κ1) is 11.4. The van der Waals surface area contributed by atoms with Crippen molar-refractivity contribution in [1.82, 2.24) is 5.32 Å². The smallest absolute Gasteiger partial charge is 0.221 e. The van der Waals surface area contributed by atoms with Crippen molar-refractivity contribution in [1.29, 1.82) is 0 Å². The largest absolute Gasteiger partial charge is 0.349 e. The number of halogens is 1. The summed E-state index contributed by atoms with van der Waals surface area (Å²) in [5.74, 6) is 0.0142. The third kappa shape index (κ3) is 2.20. The number of carbonyl (C=O) groups excluding carboxylic acids is 1. The van der Waals surface area contributed by atoms with E-state index in [9.17, 15) is 4.79 Å². The van der Waals surface area contributed by atoms with E-state index in [0.29, 0.717) is 13.0 Å². The van der Waals surface area contributed by atoms with Crippen LogP contribution < -0.4 is 11.1 Å². The van der Waals surface area contributed by atoms with Crippen LogP contribution >= 0.6 is 11.6 Å². The Labute approximate surface area is 100.0 Å². The molecule has 0 bridgehead atoms. The lowest BCUT2D eigenvalue weighted by Crippen LogP contribution is -2.28. The molecular formula is C12H15ClN2O. The van der Waals surface area contributed by atoms with Crippen molar-refractivity contribution in [2.24, 2.45) is 5.73 Å². The minimum absolute atomic E-state index is 0.0142. The molecule has 2 rings (SSSR count). The molecule has 0 aliphatic heterocycles. The molecule has 16 heavy (non-hydrogen) atoms. The second kappa shape index (κ2) is 4.85. The molecule has 0 spiro atoms. The van der Waals surface area contributed by atoms with Crippen molar-refractivity contribution in [3.63, 3.8) is 0 Å². The molecule has 0 heterocycles. The third-order valence-electron chi connectivity index (χ3n) is 2.92. The Morgan fingerprint density at radius 2 is 2.38 bits per heavy atom. The Bertz CT molecular complexity index is 406. The average molecular weight is 239 g/mol. The Morgan fingerprint density at radius 3 is 3.12 bits per heavy atom. The van der Waals surface area contributed by atoms with Crippen molar-refractivity contribution in [3.8, 4) is 0 Å². The number of hydrogen-bond acceptors (Lipinski definition) is 2. The van der Waals surface area contributed by atoms with Gasteiger partial charge in [0, 0.05) is 18.0 Å². The maximum Gasteiger partial charge on any atom is 0.221 e. The molecule has 1 unspecified atom stereocenters. The predicted octanol–water partition coefficient (Wildman–Crippen LogP) is 1.79. The van der Waals surface area contributed by atoms with E-state index in [4.69, 9.17) is 17.3 Å². The molecule has 0 radical (unpaired) electrons. The highest BCUT2D eigenvalue weighted by Gasteiger charge is 2.24. The SMILES string of the molecule is NCCC(=O)NC1CCc2c(Cl)cccc21. The standard InChI is InChI=1S/C12H15ClN2O/c13-10-3-1-2-9-8(10)4-5-11(9)15-12(16)6-7-14/h1-3,11H,4-7,14H2,(H,15,16). The van der Waals surface area contributed by atoms with Gasteiger partial charge >= 0.3 is 0 Å². The number of fused-ring (bicyclic) bond motifs is 1. The summed E-state index contributed by atoms with van der Waals surface area (Å²) in [5.41, 5.74) is 7.66. The average Bonchev–Trinajstić information content (AvgIpc) is 2.64. The molecular weight excluding hydrogens is 224 g/mol. The Balaban J connectivity index is 2.12. The summed E-state index contributed by atoms with van der Waals surface area (Å²) in [6, 6.07) is 5.95. The second-order valence-electron chi connectivity index (χ2n) is 4.01. The number of nitrogens with two attached hydrogens (primary N) is 1. The van der Waals surface area contributed by atoms with Gasteiger partial charge in [0.15, 0.2) is 0 Å². The summed E-state index contributed by atoms with van der Waals surface area (Å²) in [6.07, 6.45) is 2.24. The van der Waals surface area contributed by atoms with Crippen molar-refractivity contribution >= 4 is 17.5 Å². The molecule has 0 aromatic heterocycles. The van der Waals surface area contributed by atoms with Crippen LogP contribution in [0.25, 0.3) is 0 Å². The first-order valence-corrected chi connectivity index (χ1v) is 5.87. The summed E-state index contributed by atoms with van der Waals surface area (Å²) in [4.78, 5) is 11.5. The highest BCUT2D eigenvalue weighted by molar-refractivity contribution is 6.31. The van der Waals surface area contributed by atoms with Gasteiger partial charge in [-0.1, -0.05) is 23.7 Å². The van der Waals surface area contributed by atoms with Gasteiger partial charge in [-0.25, -0.2) is 0 Å². The molecule has 4 heteroatoms. The van der Waals surface area contributed by atoms with Crippen molar-refractivity contribution in [2.45, 2.75) is 25.3 Å². The molecule has 1 aliphatic rings. The summed E-state index contributed by atoms with van der Waals surface area (Å²) in [6.45, 7) is 0.390. The summed E-state index contributed by atoms with van der Waals surface area (Å²) < 4.78 is 0. The number of carbonyl (C=O) groups is 1. The molecule has 0 saturated heterocycles. The molecule has 1 aromatic carbocycles. The molecule has 1 amide bonds. The van der Waals surface area contributed by atoms with Gasteiger partial charge in [-0.15, -0.1) is 0 Å². The zero-order valence-electron chi connectivity index (χ0n) is 9.00. The van der Waals surface area contributed by atoms with Crippen LogP contribution in [0.3, 0.4) is 0 Å². The monoisotopic (exact) mass is 238 g/mol. The topological polar surface area (TPSA) is 55.1 Å². The van der Waals surface area contributed by atoms with Crippen LogP contribution in [0.1, 0.15) is 30.0 Å². The van der Waals surface area contributed by atoms with E-state index in [0.717, 1.165) is 23.4 Å². The van der Waals surface area contributed by atoms with Crippen LogP contribution in [0.2, 0.25) is 5.02 Å². The Morgan fingerprint density at radius 1 is 1.56 bits per heavy atom. The molecule has 1 atom stereocenters. The van der Waals surface area contributed by atoms with Gasteiger partial charge in [0.25, 0.3) is 0 Å². The fraction of sp³-hybridized carbons (Fsp3) is 0.417. The summed E-state index contributed by atoms with van der Waals surface area (Å²) >= 11 is 6.10. The lowest BCUT2D eigenvalue weighted by atomic mass is 10.1. The van der Waals surface area contributed by atoms with E-state index in [1.807, 2.05) is 18.2 Å². The van der Waals surface area contributed by atoms with Gasteiger partial charge in [-0.05, 0) is 30.0 Å². The molecule has 0 fully saturated rings. The lowest BCUT2D eigenvalue weighted by molar-refractivity contribution is -0.121. The zero-order valence-corrected chi connectivity index (χ0v) is 9.76. The number of hydrogen-bond donors (Lipinski definition) is 2. The van der Waals surface area contributed by atoms with Crippen LogP contribution in [0, 0.1) is 0 Å². The molecule has 1 aromatic rings. The summed E-state index contributed by atoms with van der Waals surface area (Å²) in [5, 5.41) is 3.78. The van der Waals surface area contributed by atoms with Gasteiger partial charge in [0.05, 0.1) is 6.04 Å². The Hall–Kier alpha value is -1.06. The lowest BCUT2D eigenvalue weighted by Gasteiger charge is -2.13. The van der Waals surface area contributed by atoms with E-state index >= 15 is 0 Å². The second-order valence-corrected chi connectivity index (χ2v) is 4.41. The molecule has 3 nitrogen and oxygen atoms in total. The minimum Gasteiger partial charge on any atom is -0.349 e. The van der Waals surface area contributed by atoms with E-state index in [1.165, 1.54) is 5.56 Å². The van der Waals surface area contributed by atoms with Crippen molar-refractivity contribution in [2.75, 3.05) is 6.54 Å². The fourth-order valence-electron chi connectivity index (χ4n) is 2.16. The minimum atomic E-state index is 0.0142. The number of rotatable bonds is 3. The molecule has 1 aliphatic carbocycles. The first-order valence-electron chi connectivity index (χ1n) is 5.49. The maximum atomic E-state index is 11.5. The number of amides is 1. The van der Waals surface area contributed by atoms with E-state index in [2.05, 4.69) is 5.32 Å². The molecule has 86 valence electrons. The van der Waals surface area contributed by atoms with Crippen LogP contribution in [0.15, 0.2) is 18.2 Å². The molecule has 0 saturated carbocycles. The maximum absolute atomic E-state index is 11.5. The quantitative estimate of drug-likeness (QED) is 0.844. The zero-order chi connectivity index (χ0) is 11.5. The fourth-order valence-corrected chi connectivity index (χ4v) is 2.43. The van der Waals surface area contributed by atoms with Crippen LogP contribution in [-0.4, -0.2) is 12.5 Å². The normalized spacial score (nSPS) is 18.2. The number of nitrogens with one attached hydrogen (secondary N) is 1. The van der Waals surface area contributed by atoms with Gasteiger partial charge in [-0.2, -0.15) is 0 Å². The highest BCUT2D eigenvalue weighted by Crippen LogP contribution is 2.35.